The molecule has 0 aromatic carbocycles. The fourth-order valence-corrected chi connectivity index (χ4v) is 4.76. The van der Waals surface area contributed by atoms with Crippen LogP contribution in [-0.2, 0) is 25.4 Å². The molecule has 4 heterocycles. The number of methoxy groups -OCH3 is 1. The van der Waals surface area contributed by atoms with Crippen LogP contribution in [0.15, 0.2) is 72.4 Å². The maximum atomic E-state index is 12.7. The molecule has 1 saturated heterocycles. The Balaban J connectivity index is 0.00000370. The number of ether oxygens (including phenoxy) is 4. The molecule has 1 aliphatic carbocycles. The zero-order valence-electron chi connectivity index (χ0n) is 22.0. The molecule has 0 spiro atoms. The average Bonchev–Trinajstić information content (AvgIpc) is 3.32. The summed E-state index contributed by atoms with van der Waals surface area (Å²) in [5.41, 5.74) is 3.52. The third kappa shape index (κ3) is 6.91. The van der Waals surface area contributed by atoms with Gasteiger partial charge in [0.15, 0.2) is 12.0 Å². The second kappa shape index (κ2) is 13.3. The van der Waals surface area contributed by atoms with Crippen LogP contribution < -0.4 is 4.74 Å². The number of aromatic nitrogens is 2. The number of fused-ring (bicyclic) bond motifs is 1. The van der Waals surface area contributed by atoms with E-state index < -0.39 is 18.2 Å². The van der Waals surface area contributed by atoms with Crippen molar-refractivity contribution in [1.29, 1.82) is 0 Å². The topological polar surface area (TPSA) is 124 Å². The Hall–Kier alpha value is -4.09. The first-order chi connectivity index (χ1) is 19.0. The number of carbonyl (C=O) groups excluding carboxylic acids is 1. The third-order valence-corrected chi connectivity index (χ3v) is 6.62. The SMILES string of the molecule is COc1ccc2nccc(CCCN(CC(=O)O)C[C@@H]3CN(C4=COC=C(C5=CC=CCC5)O4)C(=O)O3)c2n1.Cl. The number of amides is 1. The summed E-state index contributed by atoms with van der Waals surface area (Å²) in [4.78, 5) is 36.3. The fraction of sp³-hybridized carbons (Fsp3) is 0.357. The van der Waals surface area contributed by atoms with Gasteiger partial charge in [0, 0.05) is 18.8 Å². The molecule has 1 amide bonds. The molecule has 0 radical (unpaired) electrons. The molecule has 0 unspecified atom stereocenters. The molecule has 212 valence electrons. The van der Waals surface area contributed by atoms with Gasteiger partial charge in [0.2, 0.25) is 11.8 Å². The van der Waals surface area contributed by atoms with Crippen LogP contribution in [0.5, 0.6) is 5.88 Å². The maximum absolute atomic E-state index is 12.7. The standard InChI is InChI=1S/C28H30N4O7.ClH/c1-36-24-10-9-22-27(30-24)20(11-12-29-22)8-5-13-31(16-26(33)34)14-21-15-32(28(35)38-21)25-18-37-17-23(39-25)19-6-3-2-4-7-19;/h2-3,6,9-12,17-18,21H,4-5,7-8,13-16H2,1H3,(H,33,34);1H/t21-;/m1./s1. The molecule has 0 saturated carbocycles. The van der Waals surface area contributed by atoms with E-state index >= 15 is 0 Å². The van der Waals surface area contributed by atoms with Crippen LogP contribution in [0.1, 0.15) is 24.8 Å². The van der Waals surface area contributed by atoms with Crippen molar-refractivity contribution in [1.82, 2.24) is 19.8 Å². The number of aliphatic carboxylic acids is 1. The number of hydrogen-bond acceptors (Lipinski definition) is 9. The van der Waals surface area contributed by atoms with Crippen molar-refractivity contribution < 1.29 is 33.6 Å². The lowest BCUT2D eigenvalue weighted by atomic mass is 10.0. The van der Waals surface area contributed by atoms with Gasteiger partial charge in [-0.2, -0.15) is 0 Å². The summed E-state index contributed by atoms with van der Waals surface area (Å²) in [5, 5.41) is 9.48. The van der Waals surface area contributed by atoms with Gasteiger partial charge >= 0.3 is 12.1 Å². The molecule has 12 heteroatoms. The monoisotopic (exact) mass is 570 g/mol. The van der Waals surface area contributed by atoms with Gasteiger partial charge in [0.1, 0.15) is 12.4 Å². The predicted octanol–water partition coefficient (Wildman–Crippen LogP) is 4.16. The maximum Gasteiger partial charge on any atom is 0.417 e. The lowest BCUT2D eigenvalue weighted by Gasteiger charge is -2.24. The van der Waals surface area contributed by atoms with Crippen molar-refractivity contribution in [3.63, 3.8) is 0 Å². The predicted molar refractivity (Wildman–Crippen MR) is 148 cm³/mol. The molecule has 2 aromatic rings. The summed E-state index contributed by atoms with van der Waals surface area (Å²) >= 11 is 0. The van der Waals surface area contributed by atoms with Crippen molar-refractivity contribution >= 4 is 35.5 Å². The summed E-state index contributed by atoms with van der Waals surface area (Å²) in [6, 6.07) is 5.54. The molecule has 1 N–H and O–H groups in total. The van der Waals surface area contributed by atoms with Gasteiger partial charge in [-0.1, -0.05) is 18.2 Å². The number of pyridine rings is 2. The first-order valence-electron chi connectivity index (χ1n) is 12.8. The summed E-state index contributed by atoms with van der Waals surface area (Å²) in [5.74, 6) is 0.353. The van der Waals surface area contributed by atoms with Crippen molar-refractivity contribution in [3.05, 3.63) is 77.9 Å². The quantitative estimate of drug-likeness (QED) is 0.421. The molecule has 2 aromatic heterocycles. The third-order valence-electron chi connectivity index (χ3n) is 6.62. The van der Waals surface area contributed by atoms with Gasteiger partial charge in [0.05, 0.1) is 31.2 Å². The number of halogens is 1. The number of hydrogen-bond donors (Lipinski definition) is 1. The van der Waals surface area contributed by atoms with Gasteiger partial charge < -0.3 is 24.1 Å². The van der Waals surface area contributed by atoms with Crippen molar-refractivity contribution in [2.24, 2.45) is 0 Å². The molecule has 5 rings (SSSR count). The van der Waals surface area contributed by atoms with Crippen LogP contribution in [0.4, 0.5) is 4.79 Å². The fourth-order valence-electron chi connectivity index (χ4n) is 4.76. The molecule has 1 atom stereocenters. The molecular weight excluding hydrogens is 540 g/mol. The number of aryl methyl sites for hydroxylation is 1. The Kier molecular flexibility index (Phi) is 9.62. The van der Waals surface area contributed by atoms with E-state index in [0.29, 0.717) is 31.0 Å². The van der Waals surface area contributed by atoms with Crippen LogP contribution in [0.2, 0.25) is 0 Å². The number of rotatable bonds is 11. The van der Waals surface area contributed by atoms with E-state index in [1.54, 1.807) is 24.3 Å². The highest BCUT2D eigenvalue weighted by molar-refractivity contribution is 5.85. The smallest absolute Gasteiger partial charge is 0.417 e. The van der Waals surface area contributed by atoms with E-state index in [1.165, 1.54) is 17.4 Å². The molecule has 40 heavy (non-hydrogen) atoms. The Morgan fingerprint density at radius 3 is 2.92 bits per heavy atom. The van der Waals surface area contributed by atoms with E-state index in [0.717, 1.165) is 35.0 Å². The first-order valence-corrected chi connectivity index (χ1v) is 12.8. The zero-order valence-corrected chi connectivity index (χ0v) is 22.8. The van der Waals surface area contributed by atoms with Gasteiger partial charge in [-0.3, -0.25) is 14.7 Å². The van der Waals surface area contributed by atoms with E-state index in [1.807, 2.05) is 24.3 Å². The minimum absolute atomic E-state index is 0. The number of allylic oxidation sites excluding steroid dienone is 4. The number of nitrogens with zero attached hydrogens (tertiary/aromatic N) is 4. The number of carboxylic acids is 1. The van der Waals surface area contributed by atoms with Crippen molar-refractivity contribution in [2.75, 3.05) is 33.3 Å². The highest BCUT2D eigenvalue weighted by Gasteiger charge is 2.37. The van der Waals surface area contributed by atoms with Crippen LogP contribution in [-0.4, -0.2) is 76.3 Å². The normalized spacial score (nSPS) is 18.2. The summed E-state index contributed by atoms with van der Waals surface area (Å²) in [7, 11) is 1.57. The largest absolute Gasteiger partial charge is 0.481 e. The minimum Gasteiger partial charge on any atom is -0.481 e. The number of carbonyl (C=O) groups is 2. The molecule has 2 aliphatic heterocycles. The average molecular weight is 571 g/mol. The number of cyclic esters (lactones) is 1. The van der Waals surface area contributed by atoms with Gasteiger partial charge in [0.25, 0.3) is 0 Å². The summed E-state index contributed by atoms with van der Waals surface area (Å²) < 4.78 is 22.2. The van der Waals surface area contributed by atoms with Crippen LogP contribution in [0.3, 0.4) is 0 Å². The van der Waals surface area contributed by atoms with Gasteiger partial charge in [-0.05, 0) is 55.5 Å². The van der Waals surface area contributed by atoms with E-state index in [9.17, 15) is 14.7 Å². The number of carboxylic acid groups (broad SMARTS) is 1. The molecule has 0 bridgehead atoms. The lowest BCUT2D eigenvalue weighted by molar-refractivity contribution is -0.138. The zero-order chi connectivity index (χ0) is 27.2. The highest BCUT2D eigenvalue weighted by Crippen LogP contribution is 2.29. The van der Waals surface area contributed by atoms with E-state index in [-0.39, 0.29) is 37.9 Å². The van der Waals surface area contributed by atoms with E-state index in [4.69, 9.17) is 18.9 Å². The molecule has 1 fully saturated rings. The van der Waals surface area contributed by atoms with Gasteiger partial charge in [-0.15, -0.1) is 12.4 Å². The Labute approximate surface area is 237 Å². The van der Waals surface area contributed by atoms with Crippen LogP contribution in [0.25, 0.3) is 11.0 Å². The Morgan fingerprint density at radius 1 is 1.27 bits per heavy atom. The minimum atomic E-state index is -0.951. The van der Waals surface area contributed by atoms with Gasteiger partial charge in [-0.25, -0.2) is 14.7 Å². The van der Waals surface area contributed by atoms with Crippen molar-refractivity contribution in [3.8, 4) is 5.88 Å². The highest BCUT2D eigenvalue weighted by atomic mass is 35.5. The summed E-state index contributed by atoms with van der Waals surface area (Å²) in [6.07, 6.45) is 12.6. The Bertz CT molecular complexity index is 1370. The Morgan fingerprint density at radius 2 is 2.15 bits per heavy atom. The second-order valence-corrected chi connectivity index (χ2v) is 9.38. The first kappa shape index (κ1) is 28.9. The second-order valence-electron chi connectivity index (χ2n) is 9.38. The molecule has 3 aliphatic rings. The van der Waals surface area contributed by atoms with Crippen molar-refractivity contribution in [2.45, 2.75) is 31.8 Å². The van der Waals surface area contributed by atoms with Crippen LogP contribution in [0, 0.1) is 0 Å². The van der Waals surface area contributed by atoms with E-state index in [2.05, 4.69) is 16.0 Å². The molecule has 11 nitrogen and oxygen atoms in total. The summed E-state index contributed by atoms with van der Waals surface area (Å²) in [6.45, 7) is 0.804. The lowest BCUT2D eigenvalue weighted by Crippen LogP contribution is -2.39. The van der Waals surface area contributed by atoms with Crippen LogP contribution >= 0.6 is 12.4 Å². The molecular formula is C28H31ClN4O7.